The summed E-state index contributed by atoms with van der Waals surface area (Å²) in [4.78, 5) is 0. The first-order chi connectivity index (χ1) is 7.09. The molecule has 0 saturated carbocycles. The summed E-state index contributed by atoms with van der Waals surface area (Å²) in [6.45, 7) is 8.16. The van der Waals surface area contributed by atoms with Gasteiger partial charge in [-0.2, -0.15) is 0 Å². The number of benzene rings is 1. The zero-order valence-corrected chi connectivity index (χ0v) is 10.5. The number of hydrogen-bond donors (Lipinski definition) is 1. The van der Waals surface area contributed by atoms with Crippen molar-refractivity contribution in [2.75, 3.05) is 6.54 Å². The fourth-order valence-electron chi connectivity index (χ4n) is 1.30. The van der Waals surface area contributed by atoms with E-state index in [2.05, 4.69) is 50.4 Å². The van der Waals surface area contributed by atoms with E-state index in [0.717, 1.165) is 13.1 Å². The number of aryl methyl sites for hydroxylation is 1. The molecule has 0 spiro atoms. The van der Waals surface area contributed by atoms with E-state index in [9.17, 15) is 0 Å². The maximum Gasteiger partial charge on any atom is 0.0483 e. The molecule has 1 aromatic carbocycles. The Hall–Kier alpha value is -0.530. The minimum atomic E-state index is 0.218. The normalized spacial score (nSPS) is 13.1. The highest BCUT2D eigenvalue weighted by molar-refractivity contribution is 6.20. The lowest BCUT2D eigenvalue weighted by atomic mass is 10.1. The second-order valence-corrected chi connectivity index (χ2v) is 4.94. The molecule has 84 valence electrons. The van der Waals surface area contributed by atoms with Crippen LogP contribution < -0.4 is 5.32 Å². The molecule has 1 unspecified atom stereocenters. The topological polar surface area (TPSA) is 12.0 Å². The summed E-state index contributed by atoms with van der Waals surface area (Å²) in [5.74, 6) is 0.525. The van der Waals surface area contributed by atoms with Gasteiger partial charge in [0, 0.05) is 18.5 Å². The van der Waals surface area contributed by atoms with Gasteiger partial charge < -0.3 is 5.32 Å². The lowest BCUT2D eigenvalue weighted by Crippen LogP contribution is -2.26. The zero-order valence-electron chi connectivity index (χ0n) is 9.76. The minimum Gasteiger partial charge on any atom is -0.311 e. The molecule has 1 rings (SSSR count). The third-order valence-electron chi connectivity index (χ3n) is 2.51. The summed E-state index contributed by atoms with van der Waals surface area (Å²) in [5.41, 5.74) is 2.62. The van der Waals surface area contributed by atoms with Gasteiger partial charge in [-0.3, -0.25) is 0 Å². The summed E-state index contributed by atoms with van der Waals surface area (Å²) >= 11 is 6.14. The molecule has 0 aliphatic rings. The fourth-order valence-corrected chi connectivity index (χ4v) is 1.41. The van der Waals surface area contributed by atoms with Crippen molar-refractivity contribution in [2.45, 2.75) is 32.7 Å². The van der Waals surface area contributed by atoms with Gasteiger partial charge in [0.15, 0.2) is 0 Å². The quantitative estimate of drug-likeness (QED) is 0.758. The summed E-state index contributed by atoms with van der Waals surface area (Å²) < 4.78 is 0. The van der Waals surface area contributed by atoms with Gasteiger partial charge in [-0.1, -0.05) is 43.7 Å². The van der Waals surface area contributed by atoms with Crippen LogP contribution in [0.25, 0.3) is 0 Å². The molecule has 15 heavy (non-hydrogen) atoms. The predicted octanol–water partition coefficient (Wildman–Crippen LogP) is 3.35. The average Bonchev–Trinajstić information content (AvgIpc) is 2.20. The third-order valence-corrected chi connectivity index (χ3v) is 3.17. The van der Waals surface area contributed by atoms with Crippen molar-refractivity contribution in [1.82, 2.24) is 5.32 Å². The van der Waals surface area contributed by atoms with Crippen molar-refractivity contribution >= 4 is 11.6 Å². The SMILES string of the molecule is Cc1ccc(CNCC(Cl)C(C)C)cc1. The molecule has 0 aromatic heterocycles. The molecule has 0 bridgehead atoms. The Morgan fingerprint density at radius 3 is 2.33 bits per heavy atom. The predicted molar refractivity (Wildman–Crippen MR) is 67.4 cm³/mol. The first-order valence-corrected chi connectivity index (χ1v) is 5.93. The number of hydrogen-bond acceptors (Lipinski definition) is 1. The van der Waals surface area contributed by atoms with Gasteiger partial charge in [-0.25, -0.2) is 0 Å². The molecule has 0 radical (unpaired) electrons. The lowest BCUT2D eigenvalue weighted by Gasteiger charge is -2.14. The molecule has 1 N–H and O–H groups in total. The second-order valence-electron chi connectivity index (χ2n) is 4.38. The summed E-state index contributed by atoms with van der Waals surface area (Å²) in [7, 11) is 0. The molecule has 1 atom stereocenters. The maximum atomic E-state index is 6.14. The minimum absolute atomic E-state index is 0.218. The fraction of sp³-hybridized carbons (Fsp3) is 0.538. The van der Waals surface area contributed by atoms with Crippen LogP contribution in [0, 0.1) is 12.8 Å². The molecule has 0 fully saturated rings. The molecular weight excluding hydrogens is 206 g/mol. The van der Waals surface area contributed by atoms with Gasteiger partial charge in [0.25, 0.3) is 0 Å². The first-order valence-electron chi connectivity index (χ1n) is 5.50. The van der Waals surface area contributed by atoms with Crippen molar-refractivity contribution in [3.05, 3.63) is 35.4 Å². The highest BCUT2D eigenvalue weighted by atomic mass is 35.5. The molecule has 0 heterocycles. The van der Waals surface area contributed by atoms with Crippen molar-refractivity contribution in [2.24, 2.45) is 5.92 Å². The van der Waals surface area contributed by atoms with E-state index < -0.39 is 0 Å². The van der Waals surface area contributed by atoms with Crippen LogP contribution in [0.2, 0.25) is 0 Å². The van der Waals surface area contributed by atoms with Crippen LogP contribution in [0.15, 0.2) is 24.3 Å². The van der Waals surface area contributed by atoms with Gasteiger partial charge >= 0.3 is 0 Å². The molecule has 0 aliphatic carbocycles. The van der Waals surface area contributed by atoms with E-state index >= 15 is 0 Å². The van der Waals surface area contributed by atoms with Crippen molar-refractivity contribution in [1.29, 1.82) is 0 Å². The Bertz CT molecular complexity index is 279. The smallest absolute Gasteiger partial charge is 0.0483 e. The Morgan fingerprint density at radius 1 is 1.20 bits per heavy atom. The summed E-state index contributed by atoms with van der Waals surface area (Å²) in [6, 6.07) is 8.58. The highest BCUT2D eigenvalue weighted by Gasteiger charge is 2.07. The second kappa shape index (κ2) is 6.14. The highest BCUT2D eigenvalue weighted by Crippen LogP contribution is 2.08. The van der Waals surface area contributed by atoms with E-state index in [1.165, 1.54) is 11.1 Å². The molecule has 1 aromatic rings. The maximum absolute atomic E-state index is 6.14. The van der Waals surface area contributed by atoms with Gasteiger partial charge in [-0.15, -0.1) is 11.6 Å². The van der Waals surface area contributed by atoms with Crippen LogP contribution in [0.4, 0.5) is 0 Å². The summed E-state index contributed by atoms with van der Waals surface area (Å²) in [6.07, 6.45) is 0. The number of rotatable bonds is 5. The Balaban J connectivity index is 2.29. The summed E-state index contributed by atoms with van der Waals surface area (Å²) in [5, 5.41) is 3.59. The molecule has 2 heteroatoms. The molecule has 0 saturated heterocycles. The number of halogens is 1. The zero-order chi connectivity index (χ0) is 11.3. The van der Waals surface area contributed by atoms with Crippen LogP contribution in [-0.2, 0) is 6.54 Å². The standard InChI is InChI=1S/C13H20ClN/c1-10(2)13(14)9-15-8-12-6-4-11(3)5-7-12/h4-7,10,13,15H,8-9H2,1-3H3. The molecular formula is C13H20ClN. The molecule has 0 amide bonds. The number of nitrogens with one attached hydrogen (secondary N) is 1. The first kappa shape index (κ1) is 12.5. The van der Waals surface area contributed by atoms with E-state index in [4.69, 9.17) is 11.6 Å². The lowest BCUT2D eigenvalue weighted by molar-refractivity contribution is 0.546. The van der Waals surface area contributed by atoms with Crippen molar-refractivity contribution in [3.8, 4) is 0 Å². The third kappa shape index (κ3) is 4.67. The number of alkyl halides is 1. The van der Waals surface area contributed by atoms with E-state index in [0.29, 0.717) is 5.92 Å². The van der Waals surface area contributed by atoms with Crippen molar-refractivity contribution in [3.63, 3.8) is 0 Å². The Labute approximate surface area is 97.8 Å². The van der Waals surface area contributed by atoms with E-state index in [1.54, 1.807) is 0 Å². The van der Waals surface area contributed by atoms with Crippen LogP contribution in [0.3, 0.4) is 0 Å². The molecule has 1 nitrogen and oxygen atoms in total. The van der Waals surface area contributed by atoms with E-state index in [1.807, 2.05) is 0 Å². The molecule has 0 aliphatic heterocycles. The van der Waals surface area contributed by atoms with Gasteiger partial charge in [0.2, 0.25) is 0 Å². The van der Waals surface area contributed by atoms with Gasteiger partial charge in [-0.05, 0) is 18.4 Å². The van der Waals surface area contributed by atoms with Crippen LogP contribution in [0.5, 0.6) is 0 Å². The van der Waals surface area contributed by atoms with Crippen LogP contribution >= 0.6 is 11.6 Å². The van der Waals surface area contributed by atoms with Crippen LogP contribution in [0.1, 0.15) is 25.0 Å². The Morgan fingerprint density at radius 2 is 1.80 bits per heavy atom. The Kier molecular flexibility index (Phi) is 5.13. The largest absolute Gasteiger partial charge is 0.311 e. The monoisotopic (exact) mass is 225 g/mol. The van der Waals surface area contributed by atoms with Crippen molar-refractivity contribution < 1.29 is 0 Å². The van der Waals surface area contributed by atoms with Gasteiger partial charge in [0.05, 0.1) is 0 Å². The van der Waals surface area contributed by atoms with Crippen LogP contribution in [-0.4, -0.2) is 11.9 Å². The van der Waals surface area contributed by atoms with Gasteiger partial charge in [0.1, 0.15) is 0 Å². The average molecular weight is 226 g/mol. The van der Waals surface area contributed by atoms with E-state index in [-0.39, 0.29) is 5.38 Å².